The number of pyridine rings is 1. The van der Waals surface area contributed by atoms with E-state index in [1.165, 1.54) is 105 Å². The van der Waals surface area contributed by atoms with Crippen molar-refractivity contribution in [2.75, 3.05) is 18.1 Å². The van der Waals surface area contributed by atoms with Crippen molar-refractivity contribution >= 4 is 192 Å². The second-order valence-electron chi connectivity index (χ2n) is 23.0. The monoisotopic (exact) mass is 1590 g/mol. The van der Waals surface area contributed by atoms with Gasteiger partial charge in [-0.1, -0.05) is 129 Å². The van der Waals surface area contributed by atoms with Crippen LogP contribution in [-0.4, -0.2) is 154 Å². The molecule has 0 radical (unpaired) electrons. The van der Waals surface area contributed by atoms with E-state index in [4.69, 9.17) is 17.3 Å². The third-order valence-electron chi connectivity index (χ3n) is 15.1. The average Bonchev–Trinajstić information content (AvgIpc) is 1.67. The molecule has 6 atom stereocenters. The van der Waals surface area contributed by atoms with Gasteiger partial charge in [0, 0.05) is 68.0 Å². The summed E-state index contributed by atoms with van der Waals surface area (Å²) in [5, 5.41) is 43.6. The molecule has 0 spiro atoms. The Hall–Kier alpha value is -8.63. The summed E-state index contributed by atoms with van der Waals surface area (Å²) in [4.78, 5) is 137. The lowest BCUT2D eigenvalue weighted by Crippen LogP contribution is -2.42. The standard InChI is InChI=1S/C14H13FN4O2S.C13H12ClN3OS.C12H13NO2S.C10H11N3O2S.C8H10N4O2S2.C8H9N3O2S2/c1-19-12(8-4-2-3-5-9(8)15)17-18-14(19)22-10-6-7-11(20)16-13(10)21;1-7-2-5-11(12(18)15-7)19-13-16-9-4-3-8(14)6-10(9)17-13;1-8-2-4-9(5-3-8)16-10-6-7-11(14)13-12(10)15;11-6-2-1-5-12-10(6)16-7-3-4-8(14)13-9(7)15;1-9-7-11-12-8(16-7)15-4-2-3-5(13)10-6(4)14;1-4-10-11-8(14-4)15-5-2-3-6(12)9-7(5)13/h2-5,10H,6-7H2,1H3,(H,16,20,21);3-4,6,11H,1-2,5H2,(H,15,18)(H,16,17);2-5,10H,6-7H2,1H3,(H,13,14,15);1-2,5,7H,3-4,11H2,(H,13,14,15);4H,2-3H2,1H3,(H,9,11)(H,10,13,14);5H,2-3H2,1H3,(H,9,12,13). The third kappa shape index (κ3) is 23.7. The number of carbonyl (C=O) groups excluding carboxylic acids is 11. The Bertz CT molecular complexity index is 4520. The van der Waals surface area contributed by atoms with E-state index in [1.807, 2.05) is 50.2 Å². The highest BCUT2D eigenvalue weighted by atomic mass is 35.5. The van der Waals surface area contributed by atoms with Gasteiger partial charge in [0.25, 0.3) is 0 Å². The first kappa shape index (κ1) is 79.5. The van der Waals surface area contributed by atoms with Crippen LogP contribution in [0.5, 0.6) is 0 Å². The number of benzene rings is 3. The topological polar surface area (TPSA) is 422 Å². The Balaban J connectivity index is 0.000000145. The largest absolute Gasteiger partial charge is 0.397 e. The van der Waals surface area contributed by atoms with Crippen LogP contribution in [0, 0.1) is 19.7 Å². The molecule has 0 aliphatic carbocycles. The van der Waals surface area contributed by atoms with Crippen molar-refractivity contribution in [1.82, 2.24) is 82.0 Å². The minimum Gasteiger partial charge on any atom is -0.397 e. The summed E-state index contributed by atoms with van der Waals surface area (Å²) in [6, 6.07) is 23.3. The number of imidazole rings is 1. The van der Waals surface area contributed by atoms with Crippen LogP contribution in [0.2, 0.25) is 5.02 Å². The number of nitrogen functional groups attached to an aromatic ring is 1. The number of aromatic amines is 1. The van der Waals surface area contributed by atoms with Crippen LogP contribution < -0.4 is 43.0 Å². The number of anilines is 2. The van der Waals surface area contributed by atoms with E-state index >= 15 is 0 Å². The van der Waals surface area contributed by atoms with Crippen molar-refractivity contribution in [3.63, 3.8) is 0 Å². The molecule has 8 aromatic rings. The lowest BCUT2D eigenvalue weighted by atomic mass is 10.1. The van der Waals surface area contributed by atoms with E-state index in [-0.39, 0.29) is 97.0 Å². The molecule has 6 fully saturated rings. The minimum atomic E-state index is -0.394. The number of fused-ring (bicyclic) bond motifs is 1. The van der Waals surface area contributed by atoms with Crippen molar-refractivity contribution in [1.29, 1.82) is 0 Å². The first-order chi connectivity index (χ1) is 49.8. The van der Waals surface area contributed by atoms with Crippen molar-refractivity contribution in [3.8, 4) is 11.4 Å². The molecule has 11 heterocycles. The van der Waals surface area contributed by atoms with Crippen LogP contribution >= 0.6 is 105 Å². The highest BCUT2D eigenvalue weighted by Crippen LogP contribution is 2.36. The maximum absolute atomic E-state index is 13.8. The smallest absolute Gasteiger partial charge is 0.240 e. The summed E-state index contributed by atoms with van der Waals surface area (Å²) in [7, 11) is 3.48. The number of aryl methyl sites for hydroxylation is 2. The highest BCUT2D eigenvalue weighted by Gasteiger charge is 2.34. The van der Waals surface area contributed by atoms with Crippen molar-refractivity contribution in [2.45, 2.75) is 151 Å². The molecule has 29 nitrogen and oxygen atoms in total. The molecule has 5 aromatic heterocycles. The Labute approximate surface area is 632 Å². The van der Waals surface area contributed by atoms with Crippen LogP contribution in [-0.2, 0) is 59.8 Å². The van der Waals surface area contributed by atoms with Gasteiger partial charge < -0.3 is 25.9 Å². The summed E-state index contributed by atoms with van der Waals surface area (Å²) >= 11 is 17.0. The average molecular weight is 1590 g/mol. The van der Waals surface area contributed by atoms with Crippen LogP contribution in [0.3, 0.4) is 0 Å². The number of halogens is 2. The van der Waals surface area contributed by atoms with Crippen LogP contribution in [0.1, 0.15) is 87.6 Å². The molecule has 10 N–H and O–H groups in total. The highest BCUT2D eigenvalue weighted by molar-refractivity contribution is 8.03. The Morgan fingerprint density at radius 2 is 1.06 bits per heavy atom. The Kier molecular flexibility index (Phi) is 29.3. The maximum atomic E-state index is 13.8. The van der Waals surface area contributed by atoms with Gasteiger partial charge in [-0.15, -0.1) is 42.4 Å². The maximum Gasteiger partial charge on any atom is 0.240 e. The molecular weight excluding hydrogens is 1520 g/mol. The third-order valence-corrected chi connectivity index (χ3v) is 24.8. The number of thioether (sulfide) groups is 6. The lowest BCUT2D eigenvalue weighted by Gasteiger charge is -2.21. The number of hydrogen-bond acceptors (Lipinski definition) is 29. The van der Waals surface area contributed by atoms with Gasteiger partial charge in [0.05, 0.1) is 53.8 Å². The Morgan fingerprint density at radius 3 is 1.57 bits per heavy atom. The van der Waals surface area contributed by atoms with E-state index in [1.54, 1.807) is 61.3 Å². The van der Waals surface area contributed by atoms with E-state index in [2.05, 4.69) is 89.3 Å². The number of hydrogen-bond donors (Lipinski definition) is 9. The quantitative estimate of drug-likeness (QED) is 0.0462. The number of amides is 11. The Morgan fingerprint density at radius 1 is 0.558 bits per heavy atom. The van der Waals surface area contributed by atoms with Crippen molar-refractivity contribution in [2.24, 2.45) is 7.05 Å². The molecule has 3 aromatic carbocycles. The van der Waals surface area contributed by atoms with Crippen molar-refractivity contribution < 1.29 is 57.1 Å². The number of rotatable bonds is 14. The van der Waals surface area contributed by atoms with E-state index in [9.17, 15) is 57.1 Å². The fourth-order valence-corrected chi connectivity index (χ4v) is 17.9. The molecule has 11 amide bonds. The summed E-state index contributed by atoms with van der Waals surface area (Å²) in [6.07, 6.45) is 7.89. The summed E-state index contributed by atoms with van der Waals surface area (Å²) < 4.78 is 17.0. The number of nitrogens with one attached hydrogen (secondary N) is 8. The van der Waals surface area contributed by atoms with Gasteiger partial charge in [0.2, 0.25) is 70.1 Å². The van der Waals surface area contributed by atoms with Gasteiger partial charge in [0.15, 0.2) is 24.8 Å². The number of allylic oxidation sites excluding steroid dienone is 1. The molecule has 546 valence electrons. The molecular formula is C65H68ClFN18O11S8. The molecule has 14 rings (SSSR count). The van der Waals surface area contributed by atoms with Gasteiger partial charge in [-0.05, 0) is 113 Å². The molecule has 6 aliphatic heterocycles. The van der Waals surface area contributed by atoms with Gasteiger partial charge in [-0.25, -0.2) is 14.4 Å². The normalized spacial score (nSPS) is 20.1. The van der Waals surface area contributed by atoms with Crippen LogP contribution in [0.15, 0.2) is 126 Å². The molecule has 6 unspecified atom stereocenters. The number of carbonyl (C=O) groups is 11. The number of piperidine rings is 6. The predicted molar refractivity (Wildman–Crippen MR) is 398 cm³/mol. The van der Waals surface area contributed by atoms with E-state index in [0.29, 0.717) is 96.5 Å². The summed E-state index contributed by atoms with van der Waals surface area (Å²) in [5.74, 6) is -2.20. The second kappa shape index (κ2) is 38.4. The number of nitrogens with two attached hydrogens (primary N) is 1. The fourth-order valence-electron chi connectivity index (χ4n) is 9.71. The fraction of sp³-hybridized carbons (Fsp3) is 0.338. The van der Waals surface area contributed by atoms with E-state index < -0.39 is 5.25 Å². The van der Waals surface area contributed by atoms with Gasteiger partial charge in [-0.2, -0.15) is 0 Å². The lowest BCUT2D eigenvalue weighted by molar-refractivity contribution is -0.134. The summed E-state index contributed by atoms with van der Waals surface area (Å²) in [5.41, 5.74) is 10.4. The predicted octanol–water partition coefficient (Wildman–Crippen LogP) is 8.29. The minimum absolute atomic E-state index is 0.000242. The number of H-pyrrole nitrogens is 1. The van der Waals surface area contributed by atoms with Gasteiger partial charge in [0.1, 0.15) is 15.9 Å². The van der Waals surface area contributed by atoms with Crippen LogP contribution in [0.25, 0.3) is 22.4 Å². The molecule has 0 saturated carbocycles. The molecule has 0 bridgehead atoms. The number of aromatic nitrogens is 10. The number of imide groups is 5. The van der Waals surface area contributed by atoms with Gasteiger partial charge in [-0.3, -0.25) is 79.3 Å². The zero-order valence-electron chi connectivity index (χ0n) is 55.9. The first-order valence-corrected chi connectivity index (χ1v) is 39.2. The molecule has 6 aliphatic rings. The van der Waals surface area contributed by atoms with Crippen molar-refractivity contribution in [3.05, 3.63) is 119 Å². The molecule has 104 heavy (non-hydrogen) atoms. The summed E-state index contributed by atoms with van der Waals surface area (Å²) in [6.45, 7) is 7.67. The van der Waals surface area contributed by atoms with Crippen LogP contribution in [0.4, 0.5) is 15.2 Å². The second-order valence-corrected chi connectivity index (χ2v) is 33.3. The molecule has 39 heteroatoms. The SMILES string of the molecule is C=C1CCC(Sc2nc3ccc(Cl)cc3[nH]2)C(=O)N1.CNc1nnc(SC2CCC(=O)NC2=O)s1.Cc1ccc(SC2CCC(=O)NC2=O)cc1.Cc1nnc(SC2CCC(=O)NC2=O)s1.Cn1c(SC2CCC(=O)NC2=O)nnc1-c1ccccc1F.Nc1cccnc1SC1CCC(=O)NC1=O. The molecule has 6 saturated heterocycles. The van der Waals surface area contributed by atoms with Gasteiger partial charge >= 0.3 is 0 Å². The number of nitrogens with zero attached hydrogens (tertiary/aromatic N) is 9. The zero-order valence-corrected chi connectivity index (χ0v) is 63.1. The first-order valence-electron chi connectivity index (χ1n) is 31.9. The van der Waals surface area contributed by atoms with E-state index in [0.717, 1.165) is 58.4 Å². The zero-order chi connectivity index (χ0) is 74.6.